The summed E-state index contributed by atoms with van der Waals surface area (Å²) in [6.45, 7) is 0. The van der Waals surface area contributed by atoms with Crippen molar-refractivity contribution in [2.24, 2.45) is 9.98 Å². The van der Waals surface area contributed by atoms with Crippen molar-refractivity contribution in [1.82, 2.24) is 15.0 Å². The monoisotopic (exact) mass is 794 g/mol. The van der Waals surface area contributed by atoms with Crippen molar-refractivity contribution in [3.8, 4) is 56.4 Å². The van der Waals surface area contributed by atoms with E-state index < -0.39 is 0 Å². The third-order valence-corrected chi connectivity index (χ3v) is 10.9. The molecule has 0 spiro atoms. The van der Waals surface area contributed by atoms with E-state index in [2.05, 4.69) is 84.9 Å². The fourth-order valence-corrected chi connectivity index (χ4v) is 7.86. The van der Waals surface area contributed by atoms with Gasteiger partial charge < -0.3 is 0 Å². The van der Waals surface area contributed by atoms with Gasteiger partial charge in [-0.25, -0.2) is 24.9 Å². The molecule has 6 heteroatoms. The molecular weight excluding hydrogens is 757 g/mol. The molecular formula is C56H38N6. The van der Waals surface area contributed by atoms with E-state index in [1.54, 1.807) is 6.21 Å². The van der Waals surface area contributed by atoms with Crippen LogP contribution in [0.5, 0.6) is 0 Å². The zero-order chi connectivity index (χ0) is 41.7. The van der Waals surface area contributed by atoms with Crippen molar-refractivity contribution in [3.63, 3.8) is 0 Å². The maximum Gasteiger partial charge on any atom is 0.164 e. The van der Waals surface area contributed by atoms with Gasteiger partial charge in [-0.15, -0.1) is 0 Å². The number of benzene rings is 9. The lowest BCUT2D eigenvalue weighted by molar-refractivity contribution is 1.07. The second-order valence-electron chi connectivity index (χ2n) is 14.9. The maximum atomic E-state index is 9.12. The molecule has 0 saturated carbocycles. The van der Waals surface area contributed by atoms with Crippen molar-refractivity contribution in [2.45, 2.75) is 0 Å². The Bertz CT molecular complexity index is 3200. The molecule has 10 rings (SSSR count). The number of nitrogens with zero attached hydrogens (tertiary/aromatic N) is 5. The van der Waals surface area contributed by atoms with Gasteiger partial charge in [0.1, 0.15) is 0 Å². The van der Waals surface area contributed by atoms with E-state index in [-0.39, 0.29) is 5.84 Å². The highest BCUT2D eigenvalue weighted by atomic mass is 15.0. The summed E-state index contributed by atoms with van der Waals surface area (Å²) in [6.07, 6.45) is 1.79. The predicted molar refractivity (Wildman–Crippen MR) is 256 cm³/mol. The summed E-state index contributed by atoms with van der Waals surface area (Å²) in [5, 5.41) is 13.8. The lowest BCUT2D eigenvalue weighted by Gasteiger charge is -2.19. The predicted octanol–water partition coefficient (Wildman–Crippen LogP) is 13.4. The van der Waals surface area contributed by atoms with E-state index in [9.17, 15) is 0 Å². The quantitative estimate of drug-likeness (QED) is 0.0944. The van der Waals surface area contributed by atoms with Crippen LogP contribution in [0.4, 0.5) is 0 Å². The number of rotatable bonds is 8. The molecule has 0 radical (unpaired) electrons. The first-order valence-corrected chi connectivity index (χ1v) is 20.5. The minimum absolute atomic E-state index is 0.129. The van der Waals surface area contributed by atoms with Gasteiger partial charge in [0.15, 0.2) is 29.1 Å². The molecule has 0 bridgehead atoms. The molecule has 1 N–H and O–H groups in total. The SMILES string of the molecule is N=C(N=C(N=Cc1ccccc1)c1ccccc1)c1ccc(-c2c(-c3ccc(-c4nc(-c5ccccc5)nc(-c5ccccc5)n4)cc3)c3ccccc3c3ccccc23)cc1. The van der Waals surface area contributed by atoms with Gasteiger partial charge in [-0.05, 0) is 49.4 Å². The van der Waals surface area contributed by atoms with Gasteiger partial charge in [0.2, 0.25) is 0 Å². The first kappa shape index (κ1) is 37.8. The summed E-state index contributed by atoms with van der Waals surface area (Å²) >= 11 is 0. The lowest BCUT2D eigenvalue weighted by atomic mass is 9.84. The van der Waals surface area contributed by atoms with Crippen molar-refractivity contribution in [2.75, 3.05) is 0 Å². The molecule has 0 unspecified atom stereocenters. The summed E-state index contributed by atoms with van der Waals surface area (Å²) in [7, 11) is 0. The average Bonchev–Trinajstić information content (AvgIpc) is 3.36. The molecule has 0 aliphatic rings. The van der Waals surface area contributed by atoms with Crippen LogP contribution in [0, 0.1) is 5.41 Å². The van der Waals surface area contributed by atoms with Crippen molar-refractivity contribution < 1.29 is 0 Å². The molecule has 0 fully saturated rings. The Morgan fingerprint density at radius 3 is 1.21 bits per heavy atom. The highest BCUT2D eigenvalue weighted by Crippen LogP contribution is 2.45. The Labute approximate surface area is 359 Å². The highest BCUT2D eigenvalue weighted by molar-refractivity contribution is 6.22. The van der Waals surface area contributed by atoms with Crippen LogP contribution in [-0.2, 0) is 0 Å². The van der Waals surface area contributed by atoms with Gasteiger partial charge in [0, 0.05) is 34.0 Å². The van der Waals surface area contributed by atoms with Crippen LogP contribution in [0.2, 0.25) is 0 Å². The molecule has 292 valence electrons. The fourth-order valence-electron chi connectivity index (χ4n) is 7.86. The molecule has 1 heterocycles. The van der Waals surface area contributed by atoms with E-state index in [0.29, 0.717) is 28.9 Å². The topological polar surface area (TPSA) is 87.2 Å². The molecule has 0 saturated heterocycles. The summed E-state index contributed by atoms with van der Waals surface area (Å²) in [5.41, 5.74) is 9.58. The summed E-state index contributed by atoms with van der Waals surface area (Å²) in [6, 6.07) is 73.7. The first-order chi connectivity index (χ1) is 30.7. The largest absolute Gasteiger partial charge is 0.282 e. The number of fused-ring (bicyclic) bond motifs is 3. The Kier molecular flexibility index (Phi) is 10.4. The maximum absolute atomic E-state index is 9.12. The van der Waals surface area contributed by atoms with Gasteiger partial charge in [0.05, 0.1) is 0 Å². The lowest BCUT2D eigenvalue weighted by Crippen LogP contribution is -2.04. The average molecular weight is 795 g/mol. The Morgan fingerprint density at radius 2 is 0.726 bits per heavy atom. The smallest absolute Gasteiger partial charge is 0.164 e. The molecule has 0 amide bonds. The minimum atomic E-state index is 0.129. The molecule has 9 aromatic carbocycles. The number of hydrogen-bond acceptors (Lipinski definition) is 4. The summed E-state index contributed by atoms with van der Waals surface area (Å²) < 4.78 is 0. The zero-order valence-corrected chi connectivity index (χ0v) is 33.6. The van der Waals surface area contributed by atoms with Gasteiger partial charge in [0.25, 0.3) is 0 Å². The summed E-state index contributed by atoms with van der Waals surface area (Å²) in [4.78, 5) is 24.3. The van der Waals surface area contributed by atoms with Crippen LogP contribution in [0.25, 0.3) is 78.0 Å². The van der Waals surface area contributed by atoms with E-state index in [1.165, 1.54) is 10.8 Å². The molecule has 62 heavy (non-hydrogen) atoms. The molecule has 0 atom stereocenters. The second kappa shape index (κ2) is 17.0. The zero-order valence-electron chi connectivity index (χ0n) is 33.6. The minimum Gasteiger partial charge on any atom is -0.282 e. The van der Waals surface area contributed by atoms with E-state index in [4.69, 9.17) is 30.3 Å². The van der Waals surface area contributed by atoms with E-state index in [1.807, 2.05) is 133 Å². The van der Waals surface area contributed by atoms with Gasteiger partial charge in [-0.1, -0.05) is 218 Å². The molecule has 6 nitrogen and oxygen atoms in total. The van der Waals surface area contributed by atoms with Gasteiger partial charge in [-0.2, -0.15) is 0 Å². The van der Waals surface area contributed by atoms with Crippen molar-refractivity contribution >= 4 is 39.4 Å². The first-order valence-electron chi connectivity index (χ1n) is 20.5. The standard InChI is InChI=1S/C56H38N6/c57-52(59-53(42-19-7-2-8-20-42)58-37-38-17-5-1-6-18-38)41-33-29-39(30-34-41)50-48-27-15-13-25-46(48)47-26-14-16-28-49(47)51(50)40-31-35-45(36-32-40)56-61-54(43-21-9-3-10-22-43)60-55(62-56)44-23-11-4-12-24-44/h1-37,57H. The number of nitrogens with one attached hydrogen (secondary N) is 1. The second-order valence-corrected chi connectivity index (χ2v) is 14.9. The van der Waals surface area contributed by atoms with Crippen LogP contribution >= 0.6 is 0 Å². The van der Waals surface area contributed by atoms with Crippen LogP contribution in [0.1, 0.15) is 16.7 Å². The normalized spacial score (nSPS) is 11.6. The van der Waals surface area contributed by atoms with E-state index >= 15 is 0 Å². The molecule has 1 aromatic heterocycles. The Balaban J connectivity index is 1.06. The van der Waals surface area contributed by atoms with Crippen LogP contribution < -0.4 is 0 Å². The third-order valence-electron chi connectivity index (χ3n) is 10.9. The van der Waals surface area contributed by atoms with Crippen LogP contribution in [0.3, 0.4) is 0 Å². The van der Waals surface area contributed by atoms with E-state index in [0.717, 1.165) is 60.8 Å². The Morgan fingerprint density at radius 1 is 0.355 bits per heavy atom. The van der Waals surface area contributed by atoms with Crippen LogP contribution in [-0.4, -0.2) is 32.8 Å². The number of hydrogen-bond donors (Lipinski definition) is 1. The number of aliphatic imine (C=N–C) groups is 2. The van der Waals surface area contributed by atoms with Crippen molar-refractivity contribution in [1.29, 1.82) is 5.41 Å². The molecule has 10 aromatic rings. The Hall–Kier alpha value is -8.48. The highest BCUT2D eigenvalue weighted by Gasteiger charge is 2.19. The number of aromatic nitrogens is 3. The van der Waals surface area contributed by atoms with Gasteiger partial charge >= 0.3 is 0 Å². The summed E-state index contributed by atoms with van der Waals surface area (Å²) in [5.74, 6) is 2.46. The van der Waals surface area contributed by atoms with Crippen molar-refractivity contribution in [3.05, 3.63) is 235 Å². The third kappa shape index (κ3) is 7.72. The molecule has 0 aliphatic heterocycles. The number of amidine groups is 2. The van der Waals surface area contributed by atoms with Crippen LogP contribution in [0.15, 0.2) is 228 Å². The molecule has 0 aliphatic carbocycles. The fraction of sp³-hybridized carbons (Fsp3) is 0. The van der Waals surface area contributed by atoms with Gasteiger partial charge in [-0.3, -0.25) is 5.41 Å².